The van der Waals surface area contributed by atoms with Gasteiger partial charge in [0, 0.05) is 29.7 Å². The van der Waals surface area contributed by atoms with Crippen molar-refractivity contribution >= 4 is 17.7 Å². The molecule has 0 N–H and O–H groups in total. The zero-order valence-corrected chi connectivity index (χ0v) is 17.1. The monoisotopic (exact) mass is 385 g/mol. The summed E-state index contributed by atoms with van der Waals surface area (Å²) >= 11 is 0. The Balaban J connectivity index is 2.13. The number of Topliss-reactive ketones (excluding diaryl/α,β-unsaturated/α-hetero) is 1. The van der Waals surface area contributed by atoms with Crippen molar-refractivity contribution in [2.45, 2.75) is 65.2 Å². The first kappa shape index (κ1) is 20.1. The summed E-state index contributed by atoms with van der Waals surface area (Å²) in [6, 6.07) is 4.74. The van der Waals surface area contributed by atoms with Gasteiger partial charge in [0.25, 0.3) is 0 Å². The van der Waals surface area contributed by atoms with Gasteiger partial charge in [-0.2, -0.15) is 0 Å². The van der Waals surface area contributed by atoms with Crippen LogP contribution in [-0.4, -0.2) is 40.8 Å². The lowest BCUT2D eigenvalue weighted by atomic mass is 9.84. The van der Waals surface area contributed by atoms with Gasteiger partial charge in [-0.15, -0.1) is 0 Å². The van der Waals surface area contributed by atoms with E-state index < -0.39 is 23.7 Å². The van der Waals surface area contributed by atoms with Gasteiger partial charge < -0.3 is 14.4 Å². The third kappa shape index (κ3) is 3.55. The van der Waals surface area contributed by atoms with Crippen molar-refractivity contribution < 1.29 is 23.9 Å². The van der Waals surface area contributed by atoms with Crippen LogP contribution in [0.25, 0.3) is 0 Å². The van der Waals surface area contributed by atoms with Crippen LogP contribution in [0.2, 0.25) is 0 Å². The molecule has 2 aliphatic heterocycles. The van der Waals surface area contributed by atoms with Gasteiger partial charge in [-0.05, 0) is 59.2 Å². The van der Waals surface area contributed by atoms with Gasteiger partial charge in [-0.3, -0.25) is 9.59 Å². The van der Waals surface area contributed by atoms with Crippen molar-refractivity contribution in [3.63, 3.8) is 0 Å². The Labute approximate surface area is 165 Å². The van der Waals surface area contributed by atoms with E-state index >= 15 is 0 Å². The molecule has 28 heavy (non-hydrogen) atoms. The largest absolute Gasteiger partial charge is 0.484 e. The molecule has 6 nitrogen and oxygen atoms in total. The average molecular weight is 385 g/mol. The minimum Gasteiger partial charge on any atom is -0.484 e. The van der Waals surface area contributed by atoms with Gasteiger partial charge in [0.1, 0.15) is 17.4 Å². The predicted octanol–water partition coefficient (Wildman–Crippen LogP) is 3.60. The lowest BCUT2D eigenvalue weighted by Crippen LogP contribution is -2.55. The maximum absolute atomic E-state index is 12.6. The summed E-state index contributed by atoms with van der Waals surface area (Å²) in [5, 5.41) is 0. The molecule has 0 radical (unpaired) electrons. The maximum Gasteiger partial charge on any atom is 0.333 e. The molecule has 2 aliphatic rings. The highest BCUT2D eigenvalue weighted by Gasteiger charge is 2.50. The van der Waals surface area contributed by atoms with E-state index in [4.69, 9.17) is 9.47 Å². The first-order chi connectivity index (χ1) is 13.2. The van der Waals surface area contributed by atoms with Crippen LogP contribution in [0.3, 0.4) is 0 Å². The Bertz CT molecular complexity index is 854. The first-order valence-electron chi connectivity index (χ1n) is 9.63. The lowest BCUT2D eigenvalue weighted by molar-refractivity contribution is -0.169. The summed E-state index contributed by atoms with van der Waals surface area (Å²) in [5.74, 6) is 0.116. The van der Waals surface area contributed by atoms with E-state index in [0.717, 1.165) is 6.42 Å². The molecule has 0 aromatic heterocycles. The Hall–Kier alpha value is -2.63. The Morgan fingerprint density at radius 1 is 1.29 bits per heavy atom. The summed E-state index contributed by atoms with van der Waals surface area (Å²) in [5.41, 5.74) is 0.888. The number of likely N-dealkylation sites (tertiary alicyclic amines) is 1. The zero-order valence-electron chi connectivity index (χ0n) is 17.1. The molecule has 0 bridgehead atoms. The van der Waals surface area contributed by atoms with Crippen LogP contribution in [0.1, 0.15) is 69.4 Å². The molecule has 1 aromatic carbocycles. The van der Waals surface area contributed by atoms with Crippen LogP contribution in [0.4, 0.5) is 0 Å². The molecule has 1 fully saturated rings. The van der Waals surface area contributed by atoms with E-state index in [9.17, 15) is 14.4 Å². The smallest absolute Gasteiger partial charge is 0.333 e. The fraction of sp³-hybridized carbons (Fsp3) is 0.500. The normalized spacial score (nSPS) is 23.8. The molecule has 1 saturated heterocycles. The first-order valence-corrected chi connectivity index (χ1v) is 9.63. The number of amides is 1. The Morgan fingerprint density at radius 2 is 2.00 bits per heavy atom. The van der Waals surface area contributed by atoms with Crippen molar-refractivity contribution in [2.75, 3.05) is 6.54 Å². The van der Waals surface area contributed by atoms with Crippen molar-refractivity contribution in [3.8, 4) is 5.75 Å². The number of rotatable bonds is 4. The van der Waals surface area contributed by atoms with E-state index in [-0.39, 0.29) is 11.7 Å². The van der Waals surface area contributed by atoms with Crippen LogP contribution in [-0.2, 0) is 14.3 Å². The standard InChI is InChI=1S/C22H27NO5/c1-6-13(2)21(26)27-20-19(23-11-7-8-18(23)25)16-12-15(14(3)24)9-10-17(16)28-22(20,4)5/h6,9-10,12,19-20H,7-8,11H2,1-5H3/b13-6+/t19-,20+/m0/s1. The fourth-order valence-electron chi connectivity index (χ4n) is 3.80. The van der Waals surface area contributed by atoms with E-state index in [1.165, 1.54) is 6.92 Å². The van der Waals surface area contributed by atoms with E-state index in [1.54, 1.807) is 43.0 Å². The molecule has 1 amide bonds. The molecular formula is C22H27NO5. The minimum absolute atomic E-state index is 0.0192. The van der Waals surface area contributed by atoms with Gasteiger partial charge in [0.2, 0.25) is 5.91 Å². The summed E-state index contributed by atoms with van der Waals surface area (Å²) in [4.78, 5) is 38.8. The van der Waals surface area contributed by atoms with Crippen molar-refractivity contribution in [2.24, 2.45) is 0 Å². The van der Waals surface area contributed by atoms with Crippen molar-refractivity contribution in [3.05, 3.63) is 41.0 Å². The van der Waals surface area contributed by atoms with Gasteiger partial charge in [-0.1, -0.05) is 6.08 Å². The SMILES string of the molecule is C/C=C(\C)C(=O)O[C@@H]1[C@@H](N2CCCC2=O)c2cc(C(C)=O)ccc2OC1(C)C. The molecule has 0 saturated carbocycles. The maximum atomic E-state index is 12.6. The van der Waals surface area contributed by atoms with Crippen LogP contribution in [0.15, 0.2) is 29.8 Å². The number of benzene rings is 1. The third-order valence-electron chi connectivity index (χ3n) is 5.51. The quantitative estimate of drug-likeness (QED) is 0.450. The van der Waals surface area contributed by atoms with Gasteiger partial charge in [0.15, 0.2) is 11.9 Å². The molecular weight excluding hydrogens is 358 g/mol. The molecule has 0 unspecified atom stereocenters. The number of hydrogen-bond acceptors (Lipinski definition) is 5. The van der Waals surface area contributed by atoms with E-state index in [2.05, 4.69) is 0 Å². The number of carbonyl (C=O) groups excluding carboxylic acids is 3. The highest BCUT2D eigenvalue weighted by atomic mass is 16.6. The number of nitrogens with zero attached hydrogens (tertiary/aromatic N) is 1. The number of esters is 1. The molecule has 150 valence electrons. The summed E-state index contributed by atoms with van der Waals surface area (Å²) < 4.78 is 12.0. The molecule has 1 aromatic rings. The number of hydrogen-bond donors (Lipinski definition) is 0. The molecule has 3 rings (SSSR count). The van der Waals surface area contributed by atoms with E-state index in [0.29, 0.717) is 35.4 Å². The van der Waals surface area contributed by atoms with Crippen LogP contribution in [0.5, 0.6) is 5.75 Å². The molecule has 2 heterocycles. The Morgan fingerprint density at radius 3 is 2.57 bits per heavy atom. The predicted molar refractivity (Wildman–Crippen MR) is 104 cm³/mol. The number of allylic oxidation sites excluding steroid dienone is 1. The third-order valence-corrected chi connectivity index (χ3v) is 5.51. The number of ketones is 1. The van der Waals surface area contributed by atoms with Crippen LogP contribution < -0.4 is 4.74 Å². The highest BCUT2D eigenvalue weighted by Crippen LogP contribution is 2.46. The molecule has 2 atom stereocenters. The average Bonchev–Trinajstić information content (AvgIpc) is 3.06. The number of ether oxygens (including phenoxy) is 2. The van der Waals surface area contributed by atoms with E-state index in [1.807, 2.05) is 13.8 Å². The Kier molecular flexibility index (Phi) is 5.33. The summed E-state index contributed by atoms with van der Waals surface area (Å²) in [6.07, 6.45) is 2.21. The summed E-state index contributed by atoms with van der Waals surface area (Å²) in [7, 11) is 0. The van der Waals surface area contributed by atoms with Crippen molar-refractivity contribution in [1.29, 1.82) is 0 Å². The second kappa shape index (κ2) is 7.41. The van der Waals surface area contributed by atoms with Crippen LogP contribution in [0, 0.1) is 0 Å². The number of carbonyl (C=O) groups is 3. The second-order valence-corrected chi connectivity index (χ2v) is 7.95. The molecule has 0 spiro atoms. The number of fused-ring (bicyclic) bond motifs is 1. The zero-order chi connectivity index (χ0) is 20.6. The highest BCUT2D eigenvalue weighted by molar-refractivity contribution is 5.94. The van der Waals surface area contributed by atoms with Gasteiger partial charge in [-0.25, -0.2) is 4.79 Å². The van der Waals surface area contributed by atoms with Crippen molar-refractivity contribution in [1.82, 2.24) is 4.90 Å². The topological polar surface area (TPSA) is 72.9 Å². The molecule has 6 heteroatoms. The minimum atomic E-state index is -0.845. The van der Waals surface area contributed by atoms with Gasteiger partial charge >= 0.3 is 5.97 Å². The lowest BCUT2D eigenvalue weighted by Gasteiger charge is -2.47. The van der Waals surface area contributed by atoms with Crippen LogP contribution >= 0.6 is 0 Å². The second-order valence-electron chi connectivity index (χ2n) is 7.95. The fourth-order valence-corrected chi connectivity index (χ4v) is 3.80. The summed E-state index contributed by atoms with van der Waals surface area (Å²) in [6.45, 7) is 9.25. The molecule has 0 aliphatic carbocycles. The van der Waals surface area contributed by atoms with Gasteiger partial charge in [0.05, 0.1) is 0 Å².